The molecule has 0 radical (unpaired) electrons. The number of carbonyl (C=O) groups is 2. The zero-order valence-corrected chi connectivity index (χ0v) is 47.0. The van der Waals surface area contributed by atoms with Crippen LogP contribution >= 0.6 is 0 Å². The Morgan fingerprint density at radius 1 is 0.616 bits per heavy atom. The molecule has 0 unspecified atom stereocenters. The van der Waals surface area contributed by atoms with Crippen LogP contribution in [0.25, 0.3) is 33.8 Å². The number of nitrogens with zero attached hydrogens (tertiary/aromatic N) is 9. The number of fused-ring (bicyclic) bond motifs is 2. The van der Waals surface area contributed by atoms with Crippen LogP contribution in [0.1, 0.15) is 209 Å². The molecule has 2 amide bonds. The smallest absolute Gasteiger partial charge is 0.272 e. The van der Waals surface area contributed by atoms with Gasteiger partial charge >= 0.3 is 0 Å². The van der Waals surface area contributed by atoms with Crippen LogP contribution in [0.5, 0.6) is 0 Å². The van der Waals surface area contributed by atoms with Crippen LogP contribution < -0.4 is 16.0 Å². The zero-order valence-electron chi connectivity index (χ0n) is 47.0. The van der Waals surface area contributed by atoms with E-state index in [1.165, 1.54) is 12.8 Å². The highest BCUT2D eigenvalue weighted by Crippen LogP contribution is 2.34. The van der Waals surface area contributed by atoms with Gasteiger partial charge in [-0.2, -0.15) is 20.4 Å². The van der Waals surface area contributed by atoms with Gasteiger partial charge < -0.3 is 20.9 Å². The van der Waals surface area contributed by atoms with Gasteiger partial charge in [-0.3, -0.25) is 19.8 Å². The van der Waals surface area contributed by atoms with Crippen LogP contribution in [-0.2, 0) is 0 Å². The van der Waals surface area contributed by atoms with Crippen LogP contribution in [-0.4, -0.2) is 110 Å². The van der Waals surface area contributed by atoms with Crippen LogP contribution in [0.3, 0.4) is 0 Å². The summed E-state index contributed by atoms with van der Waals surface area (Å²) in [6.45, 7) is 36.5. The average molecular weight is 1000 g/mol. The van der Waals surface area contributed by atoms with Gasteiger partial charge in [-0.05, 0) is 142 Å². The first-order valence-electron chi connectivity index (χ1n) is 27.2. The fraction of sp³-hybridized carbons (Fsp3) is 0.649. The van der Waals surface area contributed by atoms with Crippen LogP contribution in [0.2, 0.25) is 0 Å². The molecule has 0 spiro atoms. The maximum atomic E-state index is 13.5. The number of rotatable bonds is 15. The molecule has 2 aliphatic rings. The summed E-state index contributed by atoms with van der Waals surface area (Å²) in [6, 6.07) is 5.66. The average Bonchev–Trinajstić information content (AvgIpc) is 4.15. The Labute approximate surface area is 434 Å². The van der Waals surface area contributed by atoms with Crippen molar-refractivity contribution in [2.75, 3.05) is 19.6 Å². The minimum atomic E-state index is -0.0918. The minimum absolute atomic E-state index is 0.0782. The molecule has 6 aromatic heterocycles. The summed E-state index contributed by atoms with van der Waals surface area (Å²) >= 11 is 0. The normalized spacial score (nSPS) is 19.0. The monoisotopic (exact) mass is 1000 g/mol. The van der Waals surface area contributed by atoms with Gasteiger partial charge in [-0.15, -0.1) is 0 Å². The minimum Gasteiger partial charge on any atom is -0.348 e. The van der Waals surface area contributed by atoms with E-state index in [1.807, 2.05) is 26.2 Å². The second-order valence-corrected chi connectivity index (χ2v) is 25.5. The first-order chi connectivity index (χ1) is 34.3. The van der Waals surface area contributed by atoms with E-state index in [4.69, 9.17) is 0 Å². The SMILES string of the molecule is Cc1cc(-c2[nH]nc(C(=O)NC3CCC(N(CCC(C)(C)C)CCC(C)(C)C)CC3)c2C(C)C)cn2ncnc12.Cc1cc(-c2[nH]nc(C(=O)NC3CCC(NCC(C)(C)C)CC3)c2C(C)C)cn2ncnc12. The van der Waals surface area contributed by atoms with Gasteiger partial charge in [0.15, 0.2) is 22.7 Å². The van der Waals surface area contributed by atoms with E-state index in [0.29, 0.717) is 34.3 Å². The summed E-state index contributed by atoms with van der Waals surface area (Å²) in [4.78, 5) is 38.1. The Bertz CT molecular complexity index is 2760. The van der Waals surface area contributed by atoms with E-state index >= 15 is 0 Å². The van der Waals surface area contributed by atoms with E-state index in [1.54, 1.807) is 21.7 Å². The highest BCUT2D eigenvalue weighted by atomic mass is 16.2. The molecule has 398 valence electrons. The van der Waals surface area contributed by atoms with Crippen molar-refractivity contribution in [3.05, 3.63) is 70.8 Å². The van der Waals surface area contributed by atoms with Crippen LogP contribution in [0.15, 0.2) is 37.2 Å². The first kappa shape index (κ1) is 55.3. The van der Waals surface area contributed by atoms with Crippen molar-refractivity contribution in [1.82, 2.24) is 70.4 Å². The molecule has 16 heteroatoms. The van der Waals surface area contributed by atoms with E-state index in [0.717, 1.165) is 127 Å². The lowest BCUT2D eigenvalue weighted by Gasteiger charge is -2.39. The van der Waals surface area contributed by atoms with Gasteiger partial charge in [0, 0.05) is 65.4 Å². The predicted molar refractivity (Wildman–Crippen MR) is 293 cm³/mol. The molecule has 2 aliphatic carbocycles. The summed E-state index contributed by atoms with van der Waals surface area (Å²) in [5.74, 6) is 0.108. The second-order valence-electron chi connectivity index (χ2n) is 25.5. The van der Waals surface area contributed by atoms with Crippen molar-refractivity contribution in [3.8, 4) is 22.5 Å². The number of nitrogens with one attached hydrogen (secondary N) is 5. The topological polar surface area (TPSA) is 191 Å². The zero-order chi connectivity index (χ0) is 53.0. The van der Waals surface area contributed by atoms with Gasteiger partial charge in [0.05, 0.1) is 11.4 Å². The molecule has 16 nitrogen and oxygen atoms in total. The largest absolute Gasteiger partial charge is 0.348 e. The van der Waals surface area contributed by atoms with Gasteiger partial charge in [-0.1, -0.05) is 90.0 Å². The van der Waals surface area contributed by atoms with Crippen molar-refractivity contribution >= 4 is 23.1 Å². The van der Waals surface area contributed by atoms with Gasteiger partial charge in [0.25, 0.3) is 11.8 Å². The third kappa shape index (κ3) is 14.4. The number of aryl methyl sites for hydroxylation is 2. The molecule has 0 atom stereocenters. The second kappa shape index (κ2) is 23.0. The number of hydrogen-bond donors (Lipinski definition) is 5. The van der Waals surface area contributed by atoms with Gasteiger partial charge in [0.2, 0.25) is 0 Å². The Morgan fingerprint density at radius 2 is 1.01 bits per heavy atom. The Kier molecular flexibility index (Phi) is 17.4. The highest BCUT2D eigenvalue weighted by molar-refractivity contribution is 5.96. The predicted octanol–water partition coefficient (Wildman–Crippen LogP) is 11.0. The number of amides is 2. The molecule has 0 aliphatic heterocycles. The first-order valence-corrected chi connectivity index (χ1v) is 27.2. The van der Waals surface area contributed by atoms with Crippen molar-refractivity contribution in [2.24, 2.45) is 16.2 Å². The lowest BCUT2D eigenvalue weighted by molar-refractivity contribution is 0.0873. The third-order valence-corrected chi connectivity index (χ3v) is 14.7. The molecule has 0 saturated heterocycles. The summed E-state index contributed by atoms with van der Waals surface area (Å²) in [7, 11) is 0. The van der Waals surface area contributed by atoms with Crippen LogP contribution in [0.4, 0.5) is 0 Å². The quantitative estimate of drug-likeness (QED) is 0.0661. The van der Waals surface area contributed by atoms with Gasteiger partial charge in [-0.25, -0.2) is 19.0 Å². The summed E-state index contributed by atoms with van der Waals surface area (Å²) in [6.07, 6.45) is 17.8. The van der Waals surface area contributed by atoms with Crippen LogP contribution in [0, 0.1) is 30.1 Å². The van der Waals surface area contributed by atoms with Crippen molar-refractivity contribution in [2.45, 2.75) is 204 Å². The molecule has 6 heterocycles. The molecular formula is C57H88N14O2. The maximum absolute atomic E-state index is 13.5. The summed E-state index contributed by atoms with van der Waals surface area (Å²) in [5.41, 5.74) is 11.2. The molecule has 0 aromatic carbocycles. The molecular weight excluding hydrogens is 913 g/mol. The number of hydrogen-bond acceptors (Lipinski definition) is 10. The van der Waals surface area contributed by atoms with Crippen molar-refractivity contribution in [1.29, 1.82) is 0 Å². The number of aromatic amines is 2. The lowest BCUT2D eigenvalue weighted by atomic mass is 9.86. The number of H-pyrrole nitrogens is 2. The van der Waals surface area contributed by atoms with E-state index < -0.39 is 0 Å². The lowest BCUT2D eigenvalue weighted by Crippen LogP contribution is -2.45. The highest BCUT2D eigenvalue weighted by Gasteiger charge is 2.32. The number of aromatic nitrogens is 10. The number of pyridine rings is 2. The van der Waals surface area contributed by atoms with Gasteiger partial charge in [0.1, 0.15) is 12.7 Å². The molecule has 0 bridgehead atoms. The Morgan fingerprint density at radius 3 is 1.40 bits per heavy atom. The molecule has 6 aromatic rings. The molecule has 8 rings (SSSR count). The summed E-state index contributed by atoms with van der Waals surface area (Å²) < 4.78 is 3.54. The molecule has 73 heavy (non-hydrogen) atoms. The fourth-order valence-corrected chi connectivity index (χ4v) is 10.5. The molecule has 2 saturated carbocycles. The fourth-order valence-electron chi connectivity index (χ4n) is 10.5. The van der Waals surface area contributed by atoms with E-state index in [9.17, 15) is 9.59 Å². The number of carbonyl (C=O) groups excluding carboxylic acids is 2. The third-order valence-electron chi connectivity index (χ3n) is 14.7. The van der Waals surface area contributed by atoms with Crippen molar-refractivity contribution in [3.63, 3.8) is 0 Å². The summed E-state index contributed by atoms with van der Waals surface area (Å²) in [5, 5.41) is 34.1. The standard InChI is InChI=1S/C32H51N7O.C25H37N7O/c1-21(2)26-27(23-18-22(3)29-33-20-34-39(29)19-23)36-37-28(26)30(40)35-24-10-12-25(13-11-24)38(16-14-31(4,5)6)17-15-32(7,8)9;1-15(2)20-21(17-11-16(3)23-27-14-28-32(23)12-17)30-31-22(20)24(33)29-19-9-7-18(8-10-19)26-13-25(4,5)6/h18-21,24-25H,10-17H2,1-9H3,(H,35,40)(H,36,37);11-12,14-15,18-19,26H,7-10,13H2,1-6H3,(H,29,33)(H,30,31). The Hall–Kier alpha value is -5.48. The van der Waals surface area contributed by atoms with E-state index in [-0.39, 0.29) is 41.1 Å². The molecule has 5 N–H and O–H groups in total. The van der Waals surface area contributed by atoms with E-state index in [2.05, 4.69) is 164 Å². The maximum Gasteiger partial charge on any atom is 0.272 e. The van der Waals surface area contributed by atoms with Crippen molar-refractivity contribution < 1.29 is 9.59 Å². The molecule has 2 fully saturated rings. The Balaban J connectivity index is 0.000000218.